The number of aryl methyl sites for hydroxylation is 1. The summed E-state index contributed by atoms with van der Waals surface area (Å²) in [6, 6.07) is 12.2. The maximum Gasteiger partial charge on any atom is 0.0852 e. The second-order valence-electron chi connectivity index (χ2n) is 6.21. The molecule has 5 heteroatoms. The summed E-state index contributed by atoms with van der Waals surface area (Å²) >= 11 is -2.26. The van der Waals surface area contributed by atoms with Crippen molar-refractivity contribution in [3.8, 4) is 0 Å². The molecular formula is C17H19O3S2-. The van der Waals surface area contributed by atoms with E-state index in [9.17, 15) is 13.0 Å². The second kappa shape index (κ2) is 6.44. The molecule has 0 radical (unpaired) electrons. The van der Waals surface area contributed by atoms with Crippen molar-refractivity contribution in [3.63, 3.8) is 0 Å². The standard InChI is InChI=1S/C17H20O3S2/c1-12-5-6-13(17(2,3)4)11-16(12)21(18)14-7-9-15(10-8-14)22(19)20/h5-11H,1-4H3,(H,19,20)/p-1. The molecule has 3 nitrogen and oxygen atoms in total. The minimum absolute atomic E-state index is 0.0179. The van der Waals surface area contributed by atoms with Crippen molar-refractivity contribution in [2.24, 2.45) is 0 Å². The van der Waals surface area contributed by atoms with Crippen molar-refractivity contribution in [1.29, 1.82) is 0 Å². The fourth-order valence-corrected chi connectivity index (χ4v) is 3.66. The van der Waals surface area contributed by atoms with Crippen LogP contribution in [0.5, 0.6) is 0 Å². The minimum atomic E-state index is -2.26. The largest absolute Gasteiger partial charge is 0.768 e. The zero-order valence-corrected chi connectivity index (χ0v) is 14.7. The van der Waals surface area contributed by atoms with E-state index in [0.29, 0.717) is 4.90 Å². The molecule has 0 aromatic heterocycles. The van der Waals surface area contributed by atoms with Gasteiger partial charge in [0.15, 0.2) is 0 Å². The molecule has 2 aromatic rings. The lowest BCUT2D eigenvalue weighted by atomic mass is 9.87. The molecule has 22 heavy (non-hydrogen) atoms. The van der Waals surface area contributed by atoms with E-state index >= 15 is 0 Å². The normalized spacial score (nSPS) is 14.6. The van der Waals surface area contributed by atoms with Crippen molar-refractivity contribution < 1.29 is 13.0 Å². The molecule has 0 aliphatic heterocycles. The van der Waals surface area contributed by atoms with Gasteiger partial charge in [-0.3, -0.25) is 4.21 Å². The van der Waals surface area contributed by atoms with E-state index in [2.05, 4.69) is 26.8 Å². The van der Waals surface area contributed by atoms with Crippen molar-refractivity contribution in [1.82, 2.24) is 0 Å². The van der Waals surface area contributed by atoms with E-state index in [-0.39, 0.29) is 10.3 Å². The topological polar surface area (TPSA) is 57.2 Å². The predicted molar refractivity (Wildman–Crippen MR) is 88.2 cm³/mol. The fraction of sp³-hybridized carbons (Fsp3) is 0.294. The lowest BCUT2D eigenvalue weighted by Crippen LogP contribution is -2.12. The fourth-order valence-electron chi connectivity index (χ4n) is 2.07. The lowest BCUT2D eigenvalue weighted by molar-refractivity contribution is 0.537. The Kier molecular flexibility index (Phi) is 5.00. The van der Waals surface area contributed by atoms with Gasteiger partial charge in [-0.1, -0.05) is 32.9 Å². The van der Waals surface area contributed by atoms with Gasteiger partial charge >= 0.3 is 0 Å². The smallest absolute Gasteiger partial charge is 0.0852 e. The predicted octanol–water partition coefficient (Wildman–Crippen LogP) is 3.70. The van der Waals surface area contributed by atoms with Gasteiger partial charge in [-0.2, -0.15) is 0 Å². The Bertz CT molecular complexity index is 729. The first-order valence-corrected chi connectivity index (χ1v) is 9.15. The van der Waals surface area contributed by atoms with Crippen LogP contribution in [-0.4, -0.2) is 13.0 Å². The average molecular weight is 335 g/mol. The first kappa shape index (κ1) is 17.1. The Labute approximate surface area is 136 Å². The van der Waals surface area contributed by atoms with E-state index in [1.54, 1.807) is 12.1 Å². The zero-order chi connectivity index (χ0) is 16.5. The highest BCUT2D eigenvalue weighted by atomic mass is 32.2. The monoisotopic (exact) mass is 335 g/mol. The van der Waals surface area contributed by atoms with Crippen LogP contribution in [-0.2, 0) is 27.3 Å². The molecule has 0 aliphatic carbocycles. The van der Waals surface area contributed by atoms with Gasteiger partial charge in [0.1, 0.15) is 0 Å². The van der Waals surface area contributed by atoms with Gasteiger partial charge in [0.25, 0.3) is 0 Å². The van der Waals surface area contributed by atoms with Crippen LogP contribution in [0, 0.1) is 6.92 Å². The number of hydrogen-bond acceptors (Lipinski definition) is 3. The first-order chi connectivity index (χ1) is 10.2. The van der Waals surface area contributed by atoms with Gasteiger partial charge in [-0.15, -0.1) is 0 Å². The van der Waals surface area contributed by atoms with Gasteiger partial charge in [-0.05, 0) is 64.9 Å². The molecule has 0 heterocycles. The molecule has 0 spiro atoms. The molecule has 0 aliphatic rings. The maximum absolute atomic E-state index is 12.8. The van der Waals surface area contributed by atoms with Crippen molar-refractivity contribution in [2.45, 2.75) is 47.8 Å². The third kappa shape index (κ3) is 3.72. The molecule has 2 aromatic carbocycles. The lowest BCUT2D eigenvalue weighted by Gasteiger charge is -2.20. The van der Waals surface area contributed by atoms with E-state index in [0.717, 1.165) is 16.0 Å². The molecule has 0 amide bonds. The summed E-state index contributed by atoms with van der Waals surface area (Å²) < 4.78 is 34.6. The molecule has 118 valence electrons. The molecule has 0 N–H and O–H groups in total. The quantitative estimate of drug-likeness (QED) is 0.804. The number of benzene rings is 2. The Morgan fingerprint density at radius 3 is 1.95 bits per heavy atom. The van der Waals surface area contributed by atoms with Crippen LogP contribution in [0.4, 0.5) is 0 Å². The highest BCUT2D eigenvalue weighted by molar-refractivity contribution is 7.85. The van der Waals surface area contributed by atoms with Gasteiger partial charge in [0.05, 0.1) is 10.8 Å². The number of rotatable bonds is 3. The summed E-state index contributed by atoms with van der Waals surface area (Å²) in [7, 11) is -1.33. The molecular weight excluding hydrogens is 316 g/mol. The molecule has 2 unspecified atom stereocenters. The summed E-state index contributed by atoms with van der Waals surface area (Å²) in [5, 5.41) is 0. The Morgan fingerprint density at radius 2 is 1.45 bits per heavy atom. The minimum Gasteiger partial charge on any atom is -0.768 e. The van der Waals surface area contributed by atoms with Crippen molar-refractivity contribution in [3.05, 3.63) is 53.6 Å². The van der Waals surface area contributed by atoms with E-state index in [1.807, 2.05) is 19.1 Å². The van der Waals surface area contributed by atoms with Crippen LogP contribution < -0.4 is 0 Å². The molecule has 0 bridgehead atoms. The summed E-state index contributed by atoms with van der Waals surface area (Å²) in [5.74, 6) is 0. The van der Waals surface area contributed by atoms with Crippen LogP contribution in [0.1, 0.15) is 31.9 Å². The Hall–Kier alpha value is -1.30. The van der Waals surface area contributed by atoms with Crippen molar-refractivity contribution >= 4 is 21.9 Å². The summed E-state index contributed by atoms with van der Waals surface area (Å²) in [5.41, 5.74) is 2.07. The van der Waals surface area contributed by atoms with E-state index in [1.165, 1.54) is 12.1 Å². The summed E-state index contributed by atoms with van der Waals surface area (Å²) in [6.45, 7) is 8.27. The van der Waals surface area contributed by atoms with Crippen LogP contribution in [0.25, 0.3) is 0 Å². The van der Waals surface area contributed by atoms with E-state index < -0.39 is 21.9 Å². The third-order valence-corrected chi connectivity index (χ3v) is 5.68. The Morgan fingerprint density at radius 1 is 0.909 bits per heavy atom. The number of hydrogen-bond donors (Lipinski definition) is 0. The zero-order valence-electron chi connectivity index (χ0n) is 13.1. The van der Waals surface area contributed by atoms with Gasteiger partial charge in [0.2, 0.25) is 0 Å². The first-order valence-electron chi connectivity index (χ1n) is 6.92. The van der Waals surface area contributed by atoms with Crippen LogP contribution in [0.2, 0.25) is 0 Å². The van der Waals surface area contributed by atoms with Crippen LogP contribution in [0.15, 0.2) is 57.2 Å². The SMILES string of the molecule is Cc1ccc(C(C)(C)C)cc1S(=O)c1ccc(S(=O)[O-])cc1. The molecule has 0 fully saturated rings. The van der Waals surface area contributed by atoms with E-state index in [4.69, 9.17) is 0 Å². The maximum atomic E-state index is 12.8. The van der Waals surface area contributed by atoms with Gasteiger partial charge in [0, 0.05) is 14.7 Å². The second-order valence-corrected chi connectivity index (χ2v) is 8.59. The Balaban J connectivity index is 2.42. The summed E-state index contributed by atoms with van der Waals surface area (Å²) in [4.78, 5) is 1.56. The molecule has 0 saturated heterocycles. The van der Waals surface area contributed by atoms with Crippen LogP contribution >= 0.6 is 0 Å². The van der Waals surface area contributed by atoms with Gasteiger partial charge in [-0.25, -0.2) is 4.21 Å². The highest BCUT2D eigenvalue weighted by Crippen LogP contribution is 2.28. The third-order valence-electron chi connectivity index (χ3n) is 3.48. The molecule has 2 rings (SSSR count). The highest BCUT2D eigenvalue weighted by Gasteiger charge is 2.17. The van der Waals surface area contributed by atoms with Gasteiger partial charge < -0.3 is 4.55 Å². The molecule has 0 saturated carbocycles. The molecule has 2 atom stereocenters. The average Bonchev–Trinajstić information content (AvgIpc) is 2.46. The van der Waals surface area contributed by atoms with Crippen molar-refractivity contribution in [2.75, 3.05) is 0 Å². The summed E-state index contributed by atoms with van der Waals surface area (Å²) in [6.07, 6.45) is 0. The van der Waals surface area contributed by atoms with Crippen LogP contribution in [0.3, 0.4) is 0 Å².